The van der Waals surface area contributed by atoms with Crippen LogP contribution in [0.15, 0.2) is 0 Å². The summed E-state index contributed by atoms with van der Waals surface area (Å²) in [6.07, 6.45) is 46.2. The zero-order valence-corrected chi connectivity index (χ0v) is 40.5. The fourth-order valence-corrected chi connectivity index (χ4v) is 8.43. The molecule has 0 aromatic rings. The average Bonchev–Trinajstić information content (AvgIpc) is 3.23. The molecule has 0 aliphatic rings. The lowest BCUT2D eigenvalue weighted by Crippen LogP contribution is -2.42. The maximum absolute atomic E-state index is 13.7. The fourth-order valence-electron chi connectivity index (χ4n) is 8.43. The number of hydrogen-bond acceptors (Lipinski definition) is 5. The molecule has 0 aliphatic carbocycles. The zero-order valence-electron chi connectivity index (χ0n) is 40.5. The van der Waals surface area contributed by atoms with Crippen molar-refractivity contribution >= 4 is 17.8 Å². The molecule has 0 rings (SSSR count). The van der Waals surface area contributed by atoms with Crippen LogP contribution in [0.25, 0.3) is 0 Å². The summed E-state index contributed by atoms with van der Waals surface area (Å²) in [7, 11) is 0. The molecule has 6 nitrogen and oxygen atoms in total. The highest BCUT2D eigenvalue weighted by atomic mass is 16.5. The molecule has 1 N–H and O–H groups in total. The monoisotopic (exact) mass is 834 g/mol. The number of hydrogen-bond donors (Lipinski definition) is 1. The van der Waals surface area contributed by atoms with E-state index >= 15 is 0 Å². The van der Waals surface area contributed by atoms with E-state index in [4.69, 9.17) is 9.47 Å². The van der Waals surface area contributed by atoms with Gasteiger partial charge in [-0.05, 0) is 50.4 Å². The summed E-state index contributed by atoms with van der Waals surface area (Å²) in [6, 6.07) is -0.820. The van der Waals surface area contributed by atoms with Crippen molar-refractivity contribution in [3.05, 3.63) is 0 Å². The van der Waals surface area contributed by atoms with E-state index < -0.39 is 12.0 Å². The first-order valence-corrected chi connectivity index (χ1v) is 26.5. The Labute approximate surface area is 368 Å². The largest absolute Gasteiger partial charge is 0.465 e. The molecule has 350 valence electrons. The third-order valence-electron chi connectivity index (χ3n) is 12.6. The summed E-state index contributed by atoms with van der Waals surface area (Å²) >= 11 is 0. The number of nitrogens with one attached hydrogen (secondary N) is 1. The van der Waals surface area contributed by atoms with Crippen molar-refractivity contribution in [2.75, 3.05) is 13.2 Å². The maximum atomic E-state index is 13.7. The molecule has 0 spiro atoms. The number of ether oxygens (including phenoxy) is 2. The third-order valence-corrected chi connectivity index (χ3v) is 12.6. The highest BCUT2D eigenvalue weighted by molar-refractivity contribution is 5.85. The van der Waals surface area contributed by atoms with Crippen LogP contribution in [0.3, 0.4) is 0 Å². The molecule has 0 saturated carbocycles. The van der Waals surface area contributed by atoms with Crippen LogP contribution in [0, 0.1) is 11.8 Å². The lowest BCUT2D eigenvalue weighted by molar-refractivity contribution is -0.150. The van der Waals surface area contributed by atoms with E-state index in [0.29, 0.717) is 31.5 Å². The second kappa shape index (κ2) is 45.9. The van der Waals surface area contributed by atoms with Gasteiger partial charge >= 0.3 is 11.9 Å². The van der Waals surface area contributed by atoms with Gasteiger partial charge in [-0.1, -0.05) is 240 Å². The van der Waals surface area contributed by atoms with Gasteiger partial charge in [0.1, 0.15) is 6.04 Å². The van der Waals surface area contributed by atoms with Crippen molar-refractivity contribution < 1.29 is 23.9 Å². The molecule has 0 bridgehead atoms. The highest BCUT2D eigenvalue weighted by Gasteiger charge is 2.25. The van der Waals surface area contributed by atoms with Gasteiger partial charge in [-0.25, -0.2) is 4.79 Å². The van der Waals surface area contributed by atoms with Crippen LogP contribution >= 0.6 is 0 Å². The van der Waals surface area contributed by atoms with Crippen molar-refractivity contribution in [3.63, 3.8) is 0 Å². The molecule has 3 atom stereocenters. The SMILES string of the molecule is CCCCCCCCCCCC(=O)N[C@@H](CCC(=O)OCC(CCCCCCCC)CCCCCCCCCC)C(=O)OCC(CCCCCC)CCCCCCCC. The van der Waals surface area contributed by atoms with Gasteiger partial charge in [-0.3, -0.25) is 9.59 Å². The Balaban J connectivity index is 5.31. The maximum Gasteiger partial charge on any atom is 0.328 e. The number of carbonyl (C=O) groups is 3. The molecule has 0 heterocycles. The average molecular weight is 834 g/mol. The number of esters is 2. The molecule has 0 aliphatic heterocycles. The lowest BCUT2D eigenvalue weighted by atomic mass is 9.94. The summed E-state index contributed by atoms with van der Waals surface area (Å²) in [4.78, 5) is 40.1. The van der Waals surface area contributed by atoms with E-state index in [1.54, 1.807) is 0 Å². The molecule has 0 aromatic heterocycles. The van der Waals surface area contributed by atoms with Crippen molar-refractivity contribution in [2.45, 2.75) is 297 Å². The topological polar surface area (TPSA) is 81.7 Å². The molecule has 0 radical (unpaired) electrons. The molecule has 1 amide bonds. The predicted molar refractivity (Wildman–Crippen MR) is 254 cm³/mol. The predicted octanol–water partition coefficient (Wildman–Crippen LogP) is 16.5. The van der Waals surface area contributed by atoms with Crippen LogP contribution < -0.4 is 5.32 Å². The Kier molecular flexibility index (Phi) is 44.7. The summed E-state index contributed by atoms with van der Waals surface area (Å²) in [5.41, 5.74) is 0. The van der Waals surface area contributed by atoms with Crippen molar-refractivity contribution in [3.8, 4) is 0 Å². The fraction of sp³-hybridized carbons (Fsp3) is 0.943. The quantitative estimate of drug-likeness (QED) is 0.0488. The van der Waals surface area contributed by atoms with E-state index in [1.165, 1.54) is 186 Å². The molecule has 2 unspecified atom stereocenters. The van der Waals surface area contributed by atoms with E-state index in [9.17, 15) is 14.4 Å². The Morgan fingerprint density at radius 2 is 0.661 bits per heavy atom. The Morgan fingerprint density at radius 1 is 0.356 bits per heavy atom. The minimum absolute atomic E-state index is 0.109. The molecular weight excluding hydrogens is 731 g/mol. The highest BCUT2D eigenvalue weighted by Crippen LogP contribution is 2.22. The number of unbranched alkanes of at least 4 members (excludes halogenated alkanes) is 28. The molecule has 0 fully saturated rings. The van der Waals surface area contributed by atoms with Gasteiger partial charge in [0, 0.05) is 12.8 Å². The number of amides is 1. The van der Waals surface area contributed by atoms with Gasteiger partial charge in [0.15, 0.2) is 0 Å². The first-order chi connectivity index (χ1) is 28.9. The summed E-state index contributed by atoms with van der Waals surface area (Å²) in [5, 5.41) is 3.00. The van der Waals surface area contributed by atoms with Gasteiger partial charge < -0.3 is 14.8 Å². The van der Waals surface area contributed by atoms with Crippen LogP contribution in [0.2, 0.25) is 0 Å². The molecule has 6 heteroatoms. The Hall–Kier alpha value is -1.59. The normalized spacial score (nSPS) is 13.0. The first kappa shape index (κ1) is 57.4. The van der Waals surface area contributed by atoms with Crippen molar-refractivity contribution in [1.82, 2.24) is 5.32 Å². The minimum atomic E-state index is -0.820. The van der Waals surface area contributed by atoms with E-state index in [1.807, 2.05) is 0 Å². The first-order valence-electron chi connectivity index (χ1n) is 26.5. The molecule has 0 saturated heterocycles. The van der Waals surface area contributed by atoms with Gasteiger partial charge in [-0.2, -0.15) is 0 Å². The van der Waals surface area contributed by atoms with Crippen LogP contribution in [-0.4, -0.2) is 37.1 Å². The Bertz CT molecular complexity index is 908. The number of carbonyl (C=O) groups excluding carboxylic acids is 3. The van der Waals surface area contributed by atoms with Crippen LogP contribution in [0.5, 0.6) is 0 Å². The van der Waals surface area contributed by atoms with Crippen LogP contribution in [0.4, 0.5) is 0 Å². The van der Waals surface area contributed by atoms with Gasteiger partial charge in [0.05, 0.1) is 13.2 Å². The second-order valence-corrected chi connectivity index (χ2v) is 18.5. The summed E-state index contributed by atoms with van der Waals surface area (Å²) in [5.74, 6) is -0.0410. The summed E-state index contributed by atoms with van der Waals surface area (Å²) < 4.78 is 11.9. The minimum Gasteiger partial charge on any atom is -0.465 e. The van der Waals surface area contributed by atoms with Gasteiger partial charge in [0.2, 0.25) is 5.91 Å². The third kappa shape index (κ3) is 40.3. The molecular formula is C53H103NO5. The Morgan fingerprint density at radius 3 is 1.03 bits per heavy atom. The van der Waals surface area contributed by atoms with Crippen molar-refractivity contribution in [2.24, 2.45) is 11.8 Å². The zero-order chi connectivity index (χ0) is 43.3. The summed E-state index contributed by atoms with van der Waals surface area (Å²) in [6.45, 7) is 12.1. The van der Waals surface area contributed by atoms with Crippen molar-refractivity contribution in [1.29, 1.82) is 0 Å². The van der Waals surface area contributed by atoms with Crippen LogP contribution in [-0.2, 0) is 23.9 Å². The second-order valence-electron chi connectivity index (χ2n) is 18.5. The lowest BCUT2D eigenvalue weighted by Gasteiger charge is -2.21. The smallest absolute Gasteiger partial charge is 0.328 e. The van der Waals surface area contributed by atoms with E-state index in [2.05, 4.69) is 39.9 Å². The van der Waals surface area contributed by atoms with Crippen LogP contribution in [0.1, 0.15) is 291 Å². The van der Waals surface area contributed by atoms with E-state index in [-0.39, 0.29) is 24.7 Å². The van der Waals surface area contributed by atoms with Gasteiger partial charge in [0.25, 0.3) is 0 Å². The van der Waals surface area contributed by atoms with E-state index in [0.717, 1.165) is 51.4 Å². The van der Waals surface area contributed by atoms with Gasteiger partial charge in [-0.15, -0.1) is 0 Å². The standard InChI is InChI=1S/C53H103NO5/c1-6-11-16-21-25-27-29-33-38-43-51(55)54-50(53(57)59-47-49(39-34-20-15-10-5)42-36-31-24-19-14-9-4)44-45-52(56)58-46-48(40-35-30-23-18-13-8-3)41-37-32-28-26-22-17-12-7-2/h48-50H,6-47H2,1-5H3,(H,54,55)/t48?,49?,50-/m0/s1. The molecule has 59 heavy (non-hydrogen) atoms. The molecule has 0 aromatic carbocycles. The number of rotatable bonds is 47.